The summed E-state index contributed by atoms with van der Waals surface area (Å²) in [7, 11) is 0. The third-order valence-corrected chi connectivity index (χ3v) is 6.59. The number of carbonyl (C=O) groups excluding carboxylic acids is 2. The van der Waals surface area contributed by atoms with E-state index in [2.05, 4.69) is 12.2 Å². The SMILES string of the molecule is CCCCCCCCCC(C(=O)N[C@@H](CCC(=O)C(C)(C)C)C(=O)O)c1ccc(C(F)(F)F)cc1C(F)(F)F. The number of Topliss-reactive ketones (excluding diaryl/α,β-unsaturated/α-hetero) is 1. The van der Waals surface area contributed by atoms with Crippen molar-refractivity contribution in [1.82, 2.24) is 5.32 Å². The molecule has 0 spiro atoms. The summed E-state index contributed by atoms with van der Waals surface area (Å²) in [6.45, 7) is 6.98. The van der Waals surface area contributed by atoms with Gasteiger partial charge in [0.1, 0.15) is 11.8 Å². The molecule has 0 heterocycles. The van der Waals surface area contributed by atoms with Crippen molar-refractivity contribution in [2.45, 2.75) is 116 Å². The zero-order chi connectivity index (χ0) is 30.0. The summed E-state index contributed by atoms with van der Waals surface area (Å²) in [5.41, 5.74) is -4.49. The van der Waals surface area contributed by atoms with Gasteiger partial charge in [-0.2, -0.15) is 26.3 Å². The number of aliphatic carboxylic acids is 1. The van der Waals surface area contributed by atoms with Gasteiger partial charge in [-0.05, 0) is 30.5 Å². The van der Waals surface area contributed by atoms with Crippen LogP contribution in [0.15, 0.2) is 18.2 Å². The first-order valence-electron chi connectivity index (χ1n) is 13.2. The van der Waals surface area contributed by atoms with Gasteiger partial charge in [-0.15, -0.1) is 0 Å². The van der Waals surface area contributed by atoms with Crippen LogP contribution in [0.2, 0.25) is 0 Å². The van der Waals surface area contributed by atoms with E-state index in [0.29, 0.717) is 25.0 Å². The molecule has 1 amide bonds. The van der Waals surface area contributed by atoms with Gasteiger partial charge in [0.2, 0.25) is 5.91 Å². The monoisotopic (exact) mass is 567 g/mol. The molecule has 0 saturated carbocycles. The van der Waals surface area contributed by atoms with Gasteiger partial charge >= 0.3 is 18.3 Å². The first-order chi connectivity index (χ1) is 17.9. The number of benzene rings is 1. The number of hydrogen-bond donors (Lipinski definition) is 2. The molecule has 0 bridgehead atoms. The second kappa shape index (κ2) is 14.7. The second-order valence-corrected chi connectivity index (χ2v) is 10.9. The molecule has 0 fully saturated rings. The number of ketones is 1. The number of unbranched alkanes of at least 4 members (excludes halogenated alkanes) is 6. The van der Waals surface area contributed by atoms with Crippen LogP contribution >= 0.6 is 0 Å². The molecule has 1 aromatic carbocycles. The van der Waals surface area contributed by atoms with E-state index in [0.717, 1.165) is 32.1 Å². The number of halogens is 6. The fraction of sp³-hybridized carbons (Fsp3) is 0.679. The fourth-order valence-corrected chi connectivity index (χ4v) is 4.20. The zero-order valence-corrected chi connectivity index (χ0v) is 22.9. The number of amides is 1. The van der Waals surface area contributed by atoms with Crippen molar-refractivity contribution in [1.29, 1.82) is 0 Å². The number of hydrogen-bond acceptors (Lipinski definition) is 3. The van der Waals surface area contributed by atoms with Gasteiger partial charge in [-0.1, -0.05) is 78.7 Å². The van der Waals surface area contributed by atoms with Crippen LogP contribution in [0.4, 0.5) is 26.3 Å². The minimum Gasteiger partial charge on any atom is -0.480 e. The lowest BCUT2D eigenvalue weighted by Gasteiger charge is -2.25. The van der Waals surface area contributed by atoms with Crippen molar-refractivity contribution in [3.8, 4) is 0 Å². The van der Waals surface area contributed by atoms with Crippen molar-refractivity contribution in [2.75, 3.05) is 0 Å². The van der Waals surface area contributed by atoms with Crippen LogP contribution < -0.4 is 5.32 Å². The molecule has 0 saturated heterocycles. The van der Waals surface area contributed by atoms with Gasteiger partial charge in [0, 0.05) is 11.8 Å². The quantitative estimate of drug-likeness (QED) is 0.167. The van der Waals surface area contributed by atoms with E-state index in [4.69, 9.17) is 0 Å². The van der Waals surface area contributed by atoms with Crippen molar-refractivity contribution in [2.24, 2.45) is 5.41 Å². The Morgan fingerprint density at radius 2 is 1.41 bits per heavy atom. The van der Waals surface area contributed by atoms with Crippen LogP contribution in [-0.2, 0) is 26.7 Å². The summed E-state index contributed by atoms with van der Waals surface area (Å²) in [4.78, 5) is 37.3. The van der Waals surface area contributed by atoms with Gasteiger partial charge in [0.15, 0.2) is 0 Å². The summed E-state index contributed by atoms with van der Waals surface area (Å²) in [6, 6.07) is -0.427. The standard InChI is InChI=1S/C28H39F6NO4/c1-5-6-7-8-9-10-11-12-20(19-14-13-18(27(29,30)31)17-21(19)28(32,33)34)24(37)35-22(25(38)39)15-16-23(36)26(2,3)4/h13-14,17,20,22H,5-12,15-16H2,1-4H3,(H,35,37)(H,38,39)/t20?,22-/m0/s1. The Labute approximate surface area is 225 Å². The normalized spacial score (nSPS) is 14.1. The summed E-state index contributed by atoms with van der Waals surface area (Å²) in [5.74, 6) is -4.30. The second-order valence-electron chi connectivity index (χ2n) is 10.9. The van der Waals surface area contributed by atoms with Gasteiger partial charge in [-0.25, -0.2) is 4.79 Å². The Bertz CT molecular complexity index is 966. The lowest BCUT2D eigenvalue weighted by atomic mass is 9.86. The van der Waals surface area contributed by atoms with Crippen LogP contribution in [0, 0.1) is 5.41 Å². The molecule has 1 rings (SSSR count). The summed E-state index contributed by atoms with van der Waals surface area (Å²) in [5, 5.41) is 11.8. The predicted molar refractivity (Wildman–Crippen MR) is 135 cm³/mol. The molecule has 5 nitrogen and oxygen atoms in total. The van der Waals surface area contributed by atoms with Crippen molar-refractivity contribution in [3.05, 3.63) is 34.9 Å². The predicted octanol–water partition coefficient (Wildman–Crippen LogP) is 7.91. The average Bonchev–Trinajstić information content (AvgIpc) is 2.80. The van der Waals surface area contributed by atoms with E-state index in [-0.39, 0.29) is 31.1 Å². The van der Waals surface area contributed by atoms with Crippen LogP contribution in [0.1, 0.15) is 115 Å². The Balaban J connectivity index is 3.29. The van der Waals surface area contributed by atoms with E-state index < -0.39 is 58.3 Å². The summed E-state index contributed by atoms with van der Waals surface area (Å²) in [6.07, 6.45) is -5.11. The fourth-order valence-electron chi connectivity index (χ4n) is 4.20. The van der Waals surface area contributed by atoms with Crippen molar-refractivity contribution in [3.63, 3.8) is 0 Å². The molecule has 1 aromatic rings. The largest absolute Gasteiger partial charge is 0.480 e. The molecule has 2 atom stereocenters. The maximum Gasteiger partial charge on any atom is 0.416 e. The highest BCUT2D eigenvalue weighted by molar-refractivity contribution is 5.89. The molecular weight excluding hydrogens is 528 g/mol. The first kappa shape index (κ1) is 34.4. The van der Waals surface area contributed by atoms with E-state index in [1.807, 2.05) is 0 Å². The molecule has 0 aliphatic heterocycles. The maximum absolute atomic E-state index is 13.9. The number of nitrogens with one attached hydrogen (secondary N) is 1. The molecule has 0 aromatic heterocycles. The first-order valence-corrected chi connectivity index (χ1v) is 13.2. The smallest absolute Gasteiger partial charge is 0.416 e. The van der Waals surface area contributed by atoms with Gasteiger partial charge < -0.3 is 10.4 Å². The minimum absolute atomic E-state index is 0.0168. The van der Waals surface area contributed by atoms with Crippen LogP contribution in [0.3, 0.4) is 0 Å². The summed E-state index contributed by atoms with van der Waals surface area (Å²) < 4.78 is 81.2. The average molecular weight is 568 g/mol. The molecule has 0 radical (unpaired) electrons. The maximum atomic E-state index is 13.9. The Kier molecular flexibility index (Phi) is 13.0. The van der Waals surface area contributed by atoms with E-state index in [1.54, 1.807) is 20.8 Å². The van der Waals surface area contributed by atoms with E-state index in [1.165, 1.54) is 0 Å². The molecular formula is C28H39F6NO4. The molecule has 0 aliphatic rings. The third-order valence-electron chi connectivity index (χ3n) is 6.59. The van der Waals surface area contributed by atoms with Crippen LogP contribution in [-0.4, -0.2) is 28.8 Å². The van der Waals surface area contributed by atoms with Gasteiger partial charge in [-0.3, -0.25) is 9.59 Å². The number of carboxylic acid groups (broad SMARTS) is 1. The lowest BCUT2D eigenvalue weighted by Crippen LogP contribution is -2.44. The minimum atomic E-state index is -5.18. The van der Waals surface area contributed by atoms with Crippen LogP contribution in [0.5, 0.6) is 0 Å². The van der Waals surface area contributed by atoms with E-state index in [9.17, 15) is 45.8 Å². The number of rotatable bonds is 15. The van der Waals surface area contributed by atoms with Crippen molar-refractivity contribution < 1.29 is 45.8 Å². The highest BCUT2D eigenvalue weighted by Gasteiger charge is 2.41. The molecule has 222 valence electrons. The number of carbonyl (C=O) groups is 3. The van der Waals surface area contributed by atoms with Crippen molar-refractivity contribution >= 4 is 17.7 Å². The Hall–Kier alpha value is -2.59. The topological polar surface area (TPSA) is 83.5 Å². The Morgan fingerprint density at radius 1 is 0.846 bits per heavy atom. The highest BCUT2D eigenvalue weighted by Crippen LogP contribution is 2.41. The molecule has 39 heavy (non-hydrogen) atoms. The zero-order valence-electron chi connectivity index (χ0n) is 22.9. The molecule has 0 aliphatic carbocycles. The highest BCUT2D eigenvalue weighted by atomic mass is 19.4. The number of carboxylic acids is 1. The third kappa shape index (κ3) is 11.6. The molecule has 11 heteroatoms. The van der Waals surface area contributed by atoms with Gasteiger partial charge in [0.25, 0.3) is 0 Å². The lowest BCUT2D eigenvalue weighted by molar-refractivity contribution is -0.145. The van der Waals surface area contributed by atoms with E-state index >= 15 is 0 Å². The van der Waals surface area contributed by atoms with Gasteiger partial charge in [0.05, 0.1) is 17.0 Å². The molecule has 2 N–H and O–H groups in total. The summed E-state index contributed by atoms with van der Waals surface area (Å²) >= 11 is 0. The number of alkyl halides is 6. The van der Waals surface area contributed by atoms with Crippen LogP contribution in [0.25, 0.3) is 0 Å². The Morgan fingerprint density at radius 3 is 1.90 bits per heavy atom. The molecule has 1 unspecified atom stereocenters.